The average Bonchev–Trinajstić information content (AvgIpc) is 3.24. The molecule has 0 radical (unpaired) electrons. The van der Waals surface area contributed by atoms with E-state index in [0.29, 0.717) is 24.6 Å². The van der Waals surface area contributed by atoms with Crippen LogP contribution in [0.25, 0.3) is 5.65 Å². The minimum atomic E-state index is -0.466. The van der Waals surface area contributed by atoms with Crippen LogP contribution in [0.3, 0.4) is 0 Å². The summed E-state index contributed by atoms with van der Waals surface area (Å²) in [5, 5.41) is 11.4. The number of carbonyl (C=O) groups is 1. The van der Waals surface area contributed by atoms with Gasteiger partial charge in [-0.3, -0.25) is 4.79 Å². The first kappa shape index (κ1) is 25.7. The van der Waals surface area contributed by atoms with Crippen molar-refractivity contribution in [2.45, 2.75) is 52.1 Å². The Balaban J connectivity index is 1.52. The largest absolute Gasteiger partial charge is 0.461 e. The number of nitrogens with two attached hydrogens (primary N) is 1. The second-order valence-electron chi connectivity index (χ2n) is 9.40. The molecule has 0 amide bonds. The number of hydrogen-bond donors (Lipinski definition) is 3. The van der Waals surface area contributed by atoms with Crippen LogP contribution in [-0.2, 0) is 23.1 Å². The molecular formula is C25H32BrN7O3. The first-order valence-corrected chi connectivity index (χ1v) is 12.8. The lowest BCUT2D eigenvalue weighted by atomic mass is 9.85. The number of allylic oxidation sites excluding steroid dienone is 1. The van der Waals surface area contributed by atoms with E-state index in [1.165, 1.54) is 0 Å². The summed E-state index contributed by atoms with van der Waals surface area (Å²) < 4.78 is 9.61. The highest BCUT2D eigenvalue weighted by molar-refractivity contribution is 9.10. The maximum absolute atomic E-state index is 12.2. The van der Waals surface area contributed by atoms with Crippen molar-refractivity contribution in [3.05, 3.63) is 62.3 Å². The summed E-state index contributed by atoms with van der Waals surface area (Å²) in [5.41, 5.74) is 8.35. The maximum Gasteiger partial charge on any atom is 0.354 e. The first-order chi connectivity index (χ1) is 17.2. The number of hydrogen-bond acceptors (Lipinski definition) is 8. The third kappa shape index (κ3) is 5.89. The van der Waals surface area contributed by atoms with Crippen molar-refractivity contribution in [1.82, 2.24) is 19.2 Å². The number of aromatic nitrogens is 4. The van der Waals surface area contributed by atoms with E-state index in [-0.39, 0.29) is 23.2 Å². The third-order valence-corrected chi connectivity index (χ3v) is 7.04. The van der Waals surface area contributed by atoms with Crippen LogP contribution in [0, 0.1) is 5.92 Å². The molecule has 3 aromatic heterocycles. The molecule has 11 heteroatoms. The number of nitrogens with zero attached hydrogens (tertiary/aromatic N) is 4. The molecule has 0 unspecified atom stereocenters. The van der Waals surface area contributed by atoms with Crippen molar-refractivity contribution in [2.75, 3.05) is 17.2 Å². The monoisotopic (exact) mass is 557 g/mol. The molecule has 0 spiro atoms. The minimum absolute atomic E-state index is 0.0520. The summed E-state index contributed by atoms with van der Waals surface area (Å²) in [6.45, 7) is 4.41. The molecule has 0 saturated heterocycles. The van der Waals surface area contributed by atoms with E-state index >= 15 is 0 Å². The van der Waals surface area contributed by atoms with Gasteiger partial charge in [0.15, 0.2) is 5.65 Å². The normalized spacial score (nSPS) is 17.6. The lowest BCUT2D eigenvalue weighted by Crippen LogP contribution is -2.36. The van der Waals surface area contributed by atoms with E-state index in [1.54, 1.807) is 42.2 Å². The number of aryl methyl sites for hydroxylation is 1. The maximum atomic E-state index is 12.2. The van der Waals surface area contributed by atoms with Crippen molar-refractivity contribution < 1.29 is 9.53 Å². The van der Waals surface area contributed by atoms with E-state index in [9.17, 15) is 9.59 Å². The Kier molecular flexibility index (Phi) is 7.97. The van der Waals surface area contributed by atoms with Crippen LogP contribution in [0.2, 0.25) is 0 Å². The zero-order chi connectivity index (χ0) is 25.8. The SMILES string of the molecule is CC(C)=C(N)C(=O)OC[C@@H]1CCCC[C@@H]1Nc1cc(NCc2ccc(=O)n(C)c2)n2ncc(Br)c2n1. The van der Waals surface area contributed by atoms with Crippen LogP contribution >= 0.6 is 15.9 Å². The van der Waals surface area contributed by atoms with Gasteiger partial charge < -0.3 is 25.7 Å². The smallest absolute Gasteiger partial charge is 0.354 e. The lowest BCUT2D eigenvalue weighted by molar-refractivity contribution is -0.140. The molecule has 4 N–H and O–H groups in total. The lowest BCUT2D eigenvalue weighted by Gasteiger charge is -2.32. The number of anilines is 2. The summed E-state index contributed by atoms with van der Waals surface area (Å²) in [5.74, 6) is 1.16. The van der Waals surface area contributed by atoms with E-state index < -0.39 is 5.97 Å². The van der Waals surface area contributed by atoms with E-state index in [0.717, 1.165) is 47.1 Å². The molecule has 1 aliphatic rings. The minimum Gasteiger partial charge on any atom is -0.461 e. The number of esters is 1. The van der Waals surface area contributed by atoms with Crippen LogP contribution in [0.4, 0.5) is 11.6 Å². The molecule has 4 rings (SSSR count). The molecular weight excluding hydrogens is 526 g/mol. The van der Waals surface area contributed by atoms with Crippen LogP contribution < -0.4 is 21.9 Å². The second-order valence-corrected chi connectivity index (χ2v) is 10.3. The van der Waals surface area contributed by atoms with E-state index in [4.69, 9.17) is 15.5 Å². The van der Waals surface area contributed by atoms with E-state index in [2.05, 4.69) is 31.7 Å². The van der Waals surface area contributed by atoms with Gasteiger partial charge in [-0.1, -0.05) is 18.9 Å². The number of fused-ring (bicyclic) bond motifs is 1. The van der Waals surface area contributed by atoms with Gasteiger partial charge in [-0.05, 0) is 53.8 Å². The molecule has 1 aliphatic carbocycles. The highest BCUT2D eigenvalue weighted by Gasteiger charge is 2.27. The highest BCUT2D eigenvalue weighted by Crippen LogP contribution is 2.29. The van der Waals surface area contributed by atoms with Gasteiger partial charge in [0, 0.05) is 43.9 Å². The van der Waals surface area contributed by atoms with E-state index in [1.807, 2.05) is 18.3 Å². The molecule has 0 aromatic carbocycles. The molecule has 3 aromatic rings. The Morgan fingerprint density at radius 3 is 2.81 bits per heavy atom. The summed E-state index contributed by atoms with van der Waals surface area (Å²) >= 11 is 3.54. The predicted octanol–water partition coefficient (Wildman–Crippen LogP) is 3.57. The molecule has 1 saturated carbocycles. The molecule has 10 nitrogen and oxygen atoms in total. The summed E-state index contributed by atoms with van der Waals surface area (Å²) in [6.07, 6.45) is 7.60. The molecule has 1 fully saturated rings. The van der Waals surface area contributed by atoms with Gasteiger partial charge in [-0.2, -0.15) is 9.61 Å². The summed E-state index contributed by atoms with van der Waals surface area (Å²) in [7, 11) is 1.73. The second kappa shape index (κ2) is 11.2. The zero-order valence-electron chi connectivity index (χ0n) is 20.8. The zero-order valence-corrected chi connectivity index (χ0v) is 22.3. The molecule has 36 heavy (non-hydrogen) atoms. The number of carbonyl (C=O) groups excluding carboxylic acids is 1. The third-order valence-electron chi connectivity index (χ3n) is 6.48. The quantitative estimate of drug-likeness (QED) is 0.283. The first-order valence-electron chi connectivity index (χ1n) is 12.0. The van der Waals surface area contributed by atoms with Crippen molar-refractivity contribution >= 4 is 39.2 Å². The summed E-state index contributed by atoms with van der Waals surface area (Å²) in [6, 6.07) is 5.39. The van der Waals surface area contributed by atoms with Gasteiger partial charge in [0.1, 0.15) is 17.3 Å². The molecule has 3 heterocycles. The van der Waals surface area contributed by atoms with Crippen molar-refractivity contribution in [2.24, 2.45) is 18.7 Å². The number of nitrogens with one attached hydrogen (secondary N) is 2. The fourth-order valence-corrected chi connectivity index (χ4v) is 4.68. The topological polar surface area (TPSA) is 129 Å². The van der Waals surface area contributed by atoms with Crippen molar-refractivity contribution in [1.29, 1.82) is 0 Å². The van der Waals surface area contributed by atoms with Crippen LogP contribution in [-0.4, -0.2) is 37.8 Å². The van der Waals surface area contributed by atoms with Crippen LogP contribution in [0.15, 0.2) is 51.1 Å². The van der Waals surface area contributed by atoms with Gasteiger partial charge in [0.2, 0.25) is 5.56 Å². The van der Waals surface area contributed by atoms with Gasteiger partial charge in [0.05, 0.1) is 17.3 Å². The molecule has 2 atom stereocenters. The standard InChI is InChI=1S/C25H32BrN7O3/c1-15(2)23(27)25(35)36-14-17-6-4-5-7-19(17)30-20-10-21(33-24(31-20)18(26)12-29-33)28-11-16-8-9-22(34)32(3)13-16/h8-10,12-13,17,19,28H,4-7,11,14,27H2,1-3H3,(H,30,31)/t17-,19-/m0/s1. The van der Waals surface area contributed by atoms with Gasteiger partial charge in [-0.15, -0.1) is 0 Å². The van der Waals surface area contributed by atoms with Gasteiger partial charge in [-0.25, -0.2) is 9.78 Å². The number of pyridine rings is 1. The Morgan fingerprint density at radius 1 is 1.28 bits per heavy atom. The van der Waals surface area contributed by atoms with Gasteiger partial charge >= 0.3 is 5.97 Å². The number of rotatable bonds is 8. The Bertz CT molecular complexity index is 1340. The molecule has 0 aliphatic heterocycles. The molecule has 192 valence electrons. The molecule has 0 bridgehead atoms. The number of ether oxygens (including phenoxy) is 1. The summed E-state index contributed by atoms with van der Waals surface area (Å²) in [4.78, 5) is 28.7. The Labute approximate surface area is 218 Å². The Hall–Kier alpha value is -3.34. The average molecular weight is 558 g/mol. The fraction of sp³-hybridized carbons (Fsp3) is 0.440. The Morgan fingerprint density at radius 2 is 2.06 bits per heavy atom. The van der Waals surface area contributed by atoms with Crippen LogP contribution in [0.5, 0.6) is 0 Å². The highest BCUT2D eigenvalue weighted by atomic mass is 79.9. The predicted molar refractivity (Wildman–Crippen MR) is 143 cm³/mol. The van der Waals surface area contributed by atoms with Crippen molar-refractivity contribution in [3.63, 3.8) is 0 Å². The fourth-order valence-electron chi connectivity index (χ4n) is 4.34. The van der Waals surface area contributed by atoms with Gasteiger partial charge in [0.25, 0.3) is 0 Å². The van der Waals surface area contributed by atoms with Crippen LogP contribution in [0.1, 0.15) is 45.1 Å². The van der Waals surface area contributed by atoms with Crippen molar-refractivity contribution in [3.8, 4) is 0 Å². The number of halogens is 1.